The third-order valence-corrected chi connectivity index (χ3v) is 4.59. The van der Waals surface area contributed by atoms with Crippen LogP contribution in [0.4, 0.5) is 0 Å². The van der Waals surface area contributed by atoms with E-state index in [-0.39, 0.29) is 17.6 Å². The number of phenols is 1. The van der Waals surface area contributed by atoms with E-state index in [1.807, 2.05) is 12.1 Å². The van der Waals surface area contributed by atoms with Crippen molar-refractivity contribution < 1.29 is 9.90 Å². The second-order valence-electron chi connectivity index (χ2n) is 5.18. The van der Waals surface area contributed by atoms with E-state index in [1.54, 1.807) is 0 Å². The quantitative estimate of drug-likeness (QED) is 0.431. The van der Waals surface area contributed by atoms with Gasteiger partial charge in [-0.05, 0) is 47.9 Å². The molecule has 2 atom stereocenters. The summed E-state index contributed by atoms with van der Waals surface area (Å²) in [5, 5.41) is 10.5. The highest BCUT2D eigenvalue weighted by Gasteiger charge is 2.19. The first kappa shape index (κ1) is 16.5. The first-order chi connectivity index (χ1) is 8.96. The molecule has 0 aromatic heterocycles. The van der Waals surface area contributed by atoms with E-state index in [0.29, 0.717) is 10.2 Å². The average Bonchev–Trinajstić information content (AvgIpc) is 2.44. The first-order valence-corrected chi connectivity index (χ1v) is 8.44. The molecule has 0 aliphatic heterocycles. The van der Waals surface area contributed by atoms with Gasteiger partial charge in [0, 0.05) is 5.56 Å². The molecule has 0 spiro atoms. The lowest BCUT2D eigenvalue weighted by molar-refractivity contribution is 0.102. The second kappa shape index (κ2) is 7.27. The van der Waals surface area contributed by atoms with E-state index in [4.69, 9.17) is 0 Å². The van der Waals surface area contributed by atoms with Crippen LogP contribution in [0.15, 0.2) is 12.1 Å². The normalized spacial score (nSPS) is 14.2. The summed E-state index contributed by atoms with van der Waals surface area (Å²) >= 11 is 2.09. The summed E-state index contributed by atoms with van der Waals surface area (Å²) in [4.78, 5) is 12.0. The summed E-state index contributed by atoms with van der Waals surface area (Å²) in [6, 6.07) is 3.74. The van der Waals surface area contributed by atoms with Crippen LogP contribution in [0.2, 0.25) is 0 Å². The van der Waals surface area contributed by atoms with Crippen LogP contribution in [0.5, 0.6) is 5.75 Å². The molecule has 106 valence electrons. The molecule has 19 heavy (non-hydrogen) atoms. The number of rotatable bonds is 6. The van der Waals surface area contributed by atoms with Crippen molar-refractivity contribution in [3.05, 3.63) is 28.8 Å². The van der Waals surface area contributed by atoms with Gasteiger partial charge in [0.05, 0.1) is 4.43 Å². The number of hydrogen-bond acceptors (Lipinski definition) is 2. The zero-order valence-electron chi connectivity index (χ0n) is 12.2. The molecule has 1 aromatic rings. The standard InChI is InChI=1S/C16H23IO2/c1-5-10(3)13-7-12(15(18)9-17)8-14(16(13)19)11(4)6-2/h7-8,10-11,19H,5-6,9H2,1-4H3. The molecule has 2 unspecified atom stereocenters. The SMILES string of the molecule is CCC(C)c1cc(C(=O)CI)cc(C(C)CC)c1O. The molecule has 1 rings (SSSR count). The smallest absolute Gasteiger partial charge is 0.172 e. The number of carbonyl (C=O) groups is 1. The van der Waals surface area contributed by atoms with Crippen LogP contribution in [0.3, 0.4) is 0 Å². The number of aromatic hydroxyl groups is 1. The summed E-state index contributed by atoms with van der Waals surface area (Å²) in [6.45, 7) is 8.38. The molecule has 0 aliphatic carbocycles. The van der Waals surface area contributed by atoms with Crippen molar-refractivity contribution in [2.45, 2.75) is 52.4 Å². The highest BCUT2D eigenvalue weighted by atomic mass is 127. The highest BCUT2D eigenvalue weighted by Crippen LogP contribution is 2.37. The molecule has 2 nitrogen and oxygen atoms in total. The van der Waals surface area contributed by atoms with Gasteiger partial charge in [0.25, 0.3) is 0 Å². The van der Waals surface area contributed by atoms with Crippen LogP contribution >= 0.6 is 22.6 Å². The summed E-state index contributed by atoms with van der Waals surface area (Å²) in [6.07, 6.45) is 1.91. The van der Waals surface area contributed by atoms with Crippen molar-refractivity contribution in [2.24, 2.45) is 0 Å². The van der Waals surface area contributed by atoms with E-state index in [0.717, 1.165) is 29.5 Å². The van der Waals surface area contributed by atoms with Crippen LogP contribution in [-0.4, -0.2) is 15.3 Å². The van der Waals surface area contributed by atoms with Gasteiger partial charge < -0.3 is 5.11 Å². The third kappa shape index (κ3) is 3.71. The largest absolute Gasteiger partial charge is 0.507 e. The van der Waals surface area contributed by atoms with Gasteiger partial charge in [-0.2, -0.15) is 0 Å². The minimum atomic E-state index is 0.134. The molecule has 0 aliphatic rings. The lowest BCUT2D eigenvalue weighted by Crippen LogP contribution is -2.06. The fourth-order valence-electron chi connectivity index (χ4n) is 2.11. The van der Waals surface area contributed by atoms with Crippen molar-refractivity contribution >= 4 is 28.4 Å². The van der Waals surface area contributed by atoms with E-state index < -0.39 is 0 Å². The van der Waals surface area contributed by atoms with Gasteiger partial charge in [0.15, 0.2) is 5.78 Å². The van der Waals surface area contributed by atoms with Crippen LogP contribution in [0.25, 0.3) is 0 Å². The first-order valence-electron chi connectivity index (χ1n) is 6.92. The third-order valence-electron chi connectivity index (χ3n) is 3.90. The molecule has 0 heterocycles. The van der Waals surface area contributed by atoms with Gasteiger partial charge >= 0.3 is 0 Å². The molecule has 1 N–H and O–H groups in total. The van der Waals surface area contributed by atoms with Crippen molar-refractivity contribution in [1.29, 1.82) is 0 Å². The molecule has 3 heteroatoms. The van der Waals surface area contributed by atoms with Crippen molar-refractivity contribution in [3.8, 4) is 5.75 Å². The Morgan fingerprint density at radius 2 is 1.58 bits per heavy atom. The highest BCUT2D eigenvalue weighted by molar-refractivity contribution is 14.1. The Balaban J connectivity index is 3.42. The minimum Gasteiger partial charge on any atom is -0.507 e. The number of alkyl halides is 1. The lowest BCUT2D eigenvalue weighted by atomic mass is 9.87. The van der Waals surface area contributed by atoms with E-state index in [2.05, 4.69) is 50.3 Å². The fourth-order valence-corrected chi connectivity index (χ4v) is 2.55. The van der Waals surface area contributed by atoms with Gasteiger partial charge in [0.1, 0.15) is 5.75 Å². The zero-order chi connectivity index (χ0) is 14.6. The van der Waals surface area contributed by atoms with Gasteiger partial charge in [-0.15, -0.1) is 0 Å². The number of Topliss-reactive ketones (excluding diaryl/α,β-unsaturated/α-hetero) is 1. The molecule has 0 radical (unpaired) electrons. The average molecular weight is 374 g/mol. The monoisotopic (exact) mass is 374 g/mol. The van der Waals surface area contributed by atoms with Gasteiger partial charge in [-0.3, -0.25) is 4.79 Å². The Hall–Kier alpha value is -0.580. The number of benzene rings is 1. The Morgan fingerprint density at radius 1 is 1.16 bits per heavy atom. The fraction of sp³-hybridized carbons (Fsp3) is 0.562. The van der Waals surface area contributed by atoms with E-state index in [1.165, 1.54) is 0 Å². The maximum atomic E-state index is 12.0. The summed E-state index contributed by atoms with van der Waals surface area (Å²) < 4.78 is 0.475. The molecule has 1 aromatic carbocycles. The van der Waals surface area contributed by atoms with Gasteiger partial charge in [-0.25, -0.2) is 0 Å². The van der Waals surface area contributed by atoms with Gasteiger partial charge in [0.2, 0.25) is 0 Å². The Labute approximate surface area is 129 Å². The van der Waals surface area contributed by atoms with Gasteiger partial charge in [-0.1, -0.05) is 50.3 Å². The lowest BCUT2D eigenvalue weighted by Gasteiger charge is -2.19. The van der Waals surface area contributed by atoms with Crippen molar-refractivity contribution in [3.63, 3.8) is 0 Å². The Bertz CT molecular complexity index is 423. The predicted molar refractivity (Wildman–Crippen MR) is 88.7 cm³/mol. The number of hydrogen-bond donors (Lipinski definition) is 1. The van der Waals surface area contributed by atoms with Crippen LogP contribution in [0.1, 0.15) is 73.9 Å². The summed E-state index contributed by atoms with van der Waals surface area (Å²) in [5.74, 6) is 1.05. The summed E-state index contributed by atoms with van der Waals surface area (Å²) in [7, 11) is 0. The van der Waals surface area contributed by atoms with Crippen LogP contribution < -0.4 is 0 Å². The maximum Gasteiger partial charge on any atom is 0.172 e. The molecule has 0 bridgehead atoms. The Kier molecular flexibility index (Phi) is 6.30. The molecular weight excluding hydrogens is 351 g/mol. The number of phenolic OH excluding ortho intramolecular Hbond substituents is 1. The summed E-state index contributed by atoms with van der Waals surface area (Å²) in [5.41, 5.74) is 2.56. The zero-order valence-corrected chi connectivity index (χ0v) is 14.3. The molecule has 0 fully saturated rings. The van der Waals surface area contributed by atoms with Crippen molar-refractivity contribution in [1.82, 2.24) is 0 Å². The molecule has 0 amide bonds. The molecule has 0 saturated heterocycles. The number of carbonyl (C=O) groups excluding carboxylic acids is 1. The van der Waals surface area contributed by atoms with Crippen molar-refractivity contribution in [2.75, 3.05) is 4.43 Å². The molecular formula is C16H23IO2. The maximum absolute atomic E-state index is 12.0. The number of halogens is 1. The predicted octanol–water partition coefficient (Wildman–Crippen LogP) is 5.04. The minimum absolute atomic E-state index is 0.134. The molecule has 0 saturated carbocycles. The van der Waals surface area contributed by atoms with Crippen LogP contribution in [-0.2, 0) is 0 Å². The van der Waals surface area contributed by atoms with Crippen LogP contribution in [0, 0.1) is 0 Å². The number of ketones is 1. The Morgan fingerprint density at radius 3 is 1.89 bits per heavy atom. The second-order valence-corrected chi connectivity index (χ2v) is 5.94. The van der Waals surface area contributed by atoms with E-state index >= 15 is 0 Å². The van der Waals surface area contributed by atoms with E-state index in [9.17, 15) is 9.90 Å². The topological polar surface area (TPSA) is 37.3 Å².